The first-order chi connectivity index (χ1) is 20.2. The van der Waals surface area contributed by atoms with Crippen molar-refractivity contribution in [3.05, 3.63) is 69.8 Å². The van der Waals surface area contributed by atoms with E-state index in [2.05, 4.69) is 105 Å². The molecule has 0 saturated carbocycles. The number of aryl methyl sites for hydroxylation is 1. The van der Waals surface area contributed by atoms with Crippen molar-refractivity contribution >= 4 is 24.1 Å². The van der Waals surface area contributed by atoms with Crippen molar-refractivity contribution in [2.45, 2.75) is 143 Å². The Bertz CT molecular complexity index is 894. The van der Waals surface area contributed by atoms with Gasteiger partial charge in [-0.1, -0.05) is 133 Å². The van der Waals surface area contributed by atoms with Crippen molar-refractivity contribution in [1.29, 1.82) is 0 Å². The van der Waals surface area contributed by atoms with E-state index in [1.54, 1.807) is 0 Å². The van der Waals surface area contributed by atoms with E-state index in [1.165, 1.54) is 11.1 Å². The Morgan fingerprint density at radius 2 is 0.956 bits per heavy atom. The Hall–Kier alpha value is -2.09. The second-order valence-electron chi connectivity index (χ2n) is 12.5. The second-order valence-corrected chi connectivity index (χ2v) is 12.5. The maximum absolute atomic E-state index is 12.7. The summed E-state index contributed by atoms with van der Waals surface area (Å²) in [6.07, 6.45) is 2.56. The fraction of sp³-hybridized carbons (Fsp3) is 0.632. The minimum atomic E-state index is -1.33. The van der Waals surface area contributed by atoms with Crippen molar-refractivity contribution < 1.29 is 17.6 Å². The van der Waals surface area contributed by atoms with Crippen LogP contribution < -0.4 is 0 Å². The molecule has 2 rings (SSSR count). The van der Waals surface area contributed by atoms with Gasteiger partial charge in [-0.05, 0) is 62.5 Å². The fourth-order valence-electron chi connectivity index (χ4n) is 2.37. The summed E-state index contributed by atoms with van der Waals surface area (Å²) < 4.78 is 50.6. The Morgan fingerprint density at radius 3 is 1.11 bits per heavy atom. The van der Waals surface area contributed by atoms with E-state index in [9.17, 15) is 17.6 Å². The van der Waals surface area contributed by atoms with Crippen LogP contribution >= 0.6 is 0 Å². The van der Waals surface area contributed by atoms with Crippen LogP contribution in [0.3, 0.4) is 0 Å². The summed E-state index contributed by atoms with van der Waals surface area (Å²) in [5.41, 5.74) is 2.23. The number of halogens is 4. The van der Waals surface area contributed by atoms with Gasteiger partial charge in [-0.25, -0.2) is 17.6 Å². The van der Waals surface area contributed by atoms with Gasteiger partial charge in [0.15, 0.2) is 23.3 Å². The van der Waals surface area contributed by atoms with Crippen LogP contribution in [0.15, 0.2) is 24.3 Å². The number of hydrogen-bond donors (Lipinski definition) is 0. The molecule has 0 amide bonds. The lowest BCUT2D eigenvalue weighted by atomic mass is 9.83. The van der Waals surface area contributed by atoms with Crippen LogP contribution in [0.1, 0.15) is 132 Å². The van der Waals surface area contributed by atoms with Crippen molar-refractivity contribution in [3.63, 3.8) is 0 Å². The molecule has 0 N–H and O–H groups in total. The number of hydrogen-bond acceptors (Lipinski definition) is 0. The van der Waals surface area contributed by atoms with Gasteiger partial charge in [0.05, 0.1) is 15.7 Å². The largest absolute Gasteiger partial charge is 0.203 e. The minimum absolute atomic E-state index is 0. The zero-order valence-electron chi connectivity index (χ0n) is 31.9. The third kappa shape index (κ3) is 34.6. The summed E-state index contributed by atoms with van der Waals surface area (Å²) >= 11 is 0. The van der Waals surface area contributed by atoms with E-state index in [1.807, 2.05) is 34.6 Å². The predicted molar refractivity (Wildman–Crippen MR) is 198 cm³/mol. The Labute approximate surface area is 282 Å². The molecule has 0 saturated heterocycles. The van der Waals surface area contributed by atoms with E-state index in [-0.39, 0.29) is 8.41 Å². The van der Waals surface area contributed by atoms with Crippen LogP contribution in [-0.4, -0.2) is 24.1 Å². The van der Waals surface area contributed by atoms with Gasteiger partial charge in [0.1, 0.15) is 0 Å². The minimum Gasteiger partial charge on any atom is -0.203 e. The van der Waals surface area contributed by atoms with Crippen LogP contribution in [-0.2, 0) is 6.42 Å². The van der Waals surface area contributed by atoms with Crippen molar-refractivity contribution in [3.8, 4) is 11.8 Å². The summed E-state index contributed by atoms with van der Waals surface area (Å²) in [6.45, 7) is 33.6. The summed E-state index contributed by atoms with van der Waals surface area (Å²) in [7, 11) is 10.4. The Morgan fingerprint density at radius 1 is 0.689 bits per heavy atom. The molecule has 0 aliphatic rings. The molecule has 0 bridgehead atoms. The maximum Gasteiger partial charge on any atom is 0.165 e. The first-order valence-corrected chi connectivity index (χ1v) is 15.8. The van der Waals surface area contributed by atoms with Crippen molar-refractivity contribution in [2.75, 3.05) is 0 Å². The number of rotatable bonds is 4. The van der Waals surface area contributed by atoms with E-state index in [4.69, 9.17) is 15.7 Å². The van der Waals surface area contributed by atoms with E-state index < -0.39 is 34.4 Å². The van der Waals surface area contributed by atoms with Gasteiger partial charge in [0.25, 0.3) is 0 Å². The van der Waals surface area contributed by atoms with Gasteiger partial charge >= 0.3 is 0 Å². The van der Waals surface area contributed by atoms with Crippen LogP contribution in [0, 0.1) is 66.2 Å². The van der Waals surface area contributed by atoms with E-state index >= 15 is 0 Å². The number of benzene rings is 2. The summed E-state index contributed by atoms with van der Waals surface area (Å²) in [5, 5.41) is 0. The van der Waals surface area contributed by atoms with Crippen molar-refractivity contribution in [1.82, 2.24) is 0 Å². The molecule has 0 unspecified atom stereocenters. The lowest BCUT2D eigenvalue weighted by molar-refractivity contribution is 0.436. The first kappa shape index (κ1) is 55.3. The monoisotopic (exact) mass is 630 g/mol. The topological polar surface area (TPSA) is 0 Å². The maximum atomic E-state index is 12.7. The molecule has 7 radical (unpaired) electrons. The van der Waals surface area contributed by atoms with E-state index in [0.29, 0.717) is 29.9 Å². The molecule has 0 atom stereocenters. The molecule has 2 aromatic carbocycles. The van der Waals surface area contributed by atoms with Crippen LogP contribution in [0.25, 0.3) is 0 Å². The zero-order chi connectivity index (χ0) is 36.2. The third-order valence-electron chi connectivity index (χ3n) is 4.82. The van der Waals surface area contributed by atoms with Gasteiger partial charge in [-0.15, -0.1) is 11.8 Å². The second kappa shape index (κ2) is 33.3. The highest BCUT2D eigenvalue weighted by molar-refractivity contribution is 6.11. The molecule has 0 fully saturated rings. The highest BCUT2D eigenvalue weighted by Gasteiger charge is 2.19. The third-order valence-corrected chi connectivity index (χ3v) is 4.82. The van der Waals surface area contributed by atoms with Gasteiger partial charge in [-0.3, -0.25) is 0 Å². The average molecular weight is 629 g/mol. The Kier molecular flexibility index (Phi) is 40.9. The molecule has 253 valence electrons. The lowest BCUT2D eigenvalue weighted by Gasteiger charge is -2.09. The highest BCUT2D eigenvalue weighted by atomic mass is 19.2. The normalized spacial score (nSPS) is 9.24. The molecule has 0 spiro atoms. The Balaban J connectivity index is -0.000000106. The average Bonchev–Trinajstić information content (AvgIpc) is 2.98. The van der Waals surface area contributed by atoms with Crippen LogP contribution in [0.4, 0.5) is 17.6 Å². The SMILES string of the molecule is CC.CC#CC.CC(C)(C)C.CC(C)C.CCc1ccccc1C(C)C.Cc1c(F)c(F)c(C)c(F)c1F.[B].[B]CC(C)C[B]. The molecule has 0 nitrogen and oxygen atoms in total. The molecule has 0 aliphatic heterocycles. The summed E-state index contributed by atoms with van der Waals surface area (Å²) in [5.74, 6) is 2.03. The van der Waals surface area contributed by atoms with Gasteiger partial charge in [-0.2, -0.15) is 0 Å². The van der Waals surface area contributed by atoms with Gasteiger partial charge in [0, 0.05) is 19.5 Å². The first-order valence-electron chi connectivity index (χ1n) is 15.8. The van der Waals surface area contributed by atoms with Crippen LogP contribution in [0.2, 0.25) is 12.6 Å². The fourth-order valence-corrected chi connectivity index (χ4v) is 2.37. The molecule has 7 heteroatoms. The molecular formula is C38H64B3F4. The summed E-state index contributed by atoms with van der Waals surface area (Å²) in [4.78, 5) is 0. The molecule has 0 aromatic heterocycles. The zero-order valence-corrected chi connectivity index (χ0v) is 31.9. The molecule has 2 aromatic rings. The van der Waals surface area contributed by atoms with Gasteiger partial charge in [0.2, 0.25) is 0 Å². The standard InChI is InChI=1S/C11H16.C8H6F4.C5H12.C4H8B2.C4H10.C4H6.C2H6.B/c1-4-10-7-5-6-8-11(10)9(2)3;1-3-5(9)7(11)4(2)8(12)6(3)10;1-5(2,3)4;1-4(2-5)3-6;1-4(2)3;1-3-4-2;1-2;/h5-9H,4H2,1-3H3;1-2H3;1-4H3;4H,2-3H2,1H3;4H,1-3H3;1-2H3;1-2H3;. The molecule has 0 heterocycles. The molecule has 45 heavy (non-hydrogen) atoms. The van der Waals surface area contributed by atoms with Gasteiger partial charge < -0.3 is 0 Å². The summed E-state index contributed by atoms with van der Waals surface area (Å²) in [6, 6.07) is 8.68. The quantitative estimate of drug-likeness (QED) is 0.137. The van der Waals surface area contributed by atoms with Crippen molar-refractivity contribution in [2.24, 2.45) is 17.3 Å². The lowest BCUT2D eigenvalue weighted by Crippen LogP contribution is -2.02. The predicted octanol–water partition coefficient (Wildman–Crippen LogP) is 12.4. The molecular weight excluding hydrogens is 565 g/mol. The highest BCUT2D eigenvalue weighted by Crippen LogP contribution is 2.22. The molecule has 0 aliphatic carbocycles. The van der Waals surface area contributed by atoms with Crippen LogP contribution in [0.5, 0.6) is 0 Å². The smallest absolute Gasteiger partial charge is 0.165 e. The van der Waals surface area contributed by atoms with E-state index in [0.717, 1.165) is 26.2 Å².